The van der Waals surface area contributed by atoms with Gasteiger partial charge in [-0.1, -0.05) is 43.5 Å². The fourth-order valence-electron chi connectivity index (χ4n) is 7.22. The first kappa shape index (κ1) is 47.1. The standard InChI is InChI=1S/C16H28N2O3.C15H23FN2O3S.C12H14N2S/c1-16(2,3)21-15(20)18-11-9-17(10-12-18)14(19)13-7-5-4-6-8-13;1-14(2,22-3)11(17-13(21)15(16)6-7-15)12(20)18-8-4-5-10(18)9-19;1-9-12(15-8-14-9)11-5-3-10(4-6-11)7-13-2/h13H,4-12H2,1-3H3;9-11H,4-8H2,1-3H3,(H,17,21);3-6,8,13H,7H2,1-2H3. The number of amides is 4. The van der Waals surface area contributed by atoms with Crippen molar-refractivity contribution >= 4 is 53.2 Å². The molecule has 2 aliphatic heterocycles. The number of carbonyl (C=O) groups excluding carboxylic acids is 5. The van der Waals surface area contributed by atoms with E-state index in [0.29, 0.717) is 45.1 Å². The number of aryl methyl sites for hydroxylation is 1. The maximum Gasteiger partial charge on any atom is 0.410 e. The number of rotatable bonds is 10. The summed E-state index contributed by atoms with van der Waals surface area (Å²) in [4.78, 5) is 71.1. The number of likely N-dealkylation sites (tertiary alicyclic amines) is 1. The monoisotopic (exact) mass is 844 g/mol. The summed E-state index contributed by atoms with van der Waals surface area (Å²) < 4.78 is 18.7. The molecule has 2 saturated carbocycles. The number of halogens is 1. The van der Waals surface area contributed by atoms with Crippen molar-refractivity contribution in [2.75, 3.05) is 46.0 Å². The number of carbonyl (C=O) groups is 5. The summed E-state index contributed by atoms with van der Waals surface area (Å²) in [6.45, 7) is 15.2. The minimum atomic E-state index is -1.82. The first-order chi connectivity index (χ1) is 27.4. The molecule has 12 nitrogen and oxygen atoms in total. The number of alkyl halides is 1. The molecule has 1 aromatic carbocycles. The van der Waals surface area contributed by atoms with Gasteiger partial charge in [0.15, 0.2) is 5.67 Å². The van der Waals surface area contributed by atoms with Crippen molar-refractivity contribution < 1.29 is 33.1 Å². The molecule has 2 saturated heterocycles. The molecule has 2 N–H and O–H groups in total. The second-order valence-electron chi connectivity index (χ2n) is 17.2. The van der Waals surface area contributed by atoms with Gasteiger partial charge in [0.1, 0.15) is 17.9 Å². The van der Waals surface area contributed by atoms with Crippen LogP contribution in [-0.4, -0.2) is 124 Å². The van der Waals surface area contributed by atoms with Gasteiger partial charge < -0.3 is 34.9 Å². The summed E-state index contributed by atoms with van der Waals surface area (Å²) in [5, 5.41) is 5.73. The number of piperazine rings is 1. The molecule has 2 unspecified atom stereocenters. The molecular formula is C43H65FN6O6S2. The van der Waals surface area contributed by atoms with E-state index in [4.69, 9.17) is 4.74 Å². The first-order valence-electron chi connectivity index (χ1n) is 20.6. The SMILES string of the molecule is CC(C)(C)OC(=O)N1CCN(C(=O)C2CCCCC2)CC1.CNCc1ccc(-c2scnc2C)cc1.CSC(C)(C)C(NC(=O)C1(F)CC1)C(=O)N1CCCC1C=O. The topological polar surface area (TPSA) is 141 Å². The lowest BCUT2D eigenvalue weighted by Crippen LogP contribution is -2.59. The van der Waals surface area contributed by atoms with Crippen molar-refractivity contribution in [3.8, 4) is 10.4 Å². The fraction of sp³-hybridized carbons (Fsp3) is 0.674. The summed E-state index contributed by atoms with van der Waals surface area (Å²) in [5.41, 5.74) is 3.29. The second-order valence-corrected chi connectivity index (χ2v) is 19.5. The van der Waals surface area contributed by atoms with Crippen LogP contribution in [0.3, 0.4) is 0 Å². The Balaban J connectivity index is 0.000000196. The molecular weight excluding hydrogens is 780 g/mol. The third kappa shape index (κ3) is 13.2. The Bertz CT molecular complexity index is 1680. The number of aldehydes is 1. The molecule has 2 atom stereocenters. The highest BCUT2D eigenvalue weighted by Crippen LogP contribution is 2.41. The molecule has 4 aliphatic rings. The molecule has 3 heterocycles. The second kappa shape index (κ2) is 21.1. The number of thiazole rings is 1. The maximum atomic E-state index is 13.9. The predicted molar refractivity (Wildman–Crippen MR) is 229 cm³/mol. The van der Waals surface area contributed by atoms with Crippen molar-refractivity contribution in [3.05, 3.63) is 41.0 Å². The van der Waals surface area contributed by atoms with Crippen LogP contribution in [0.4, 0.5) is 9.18 Å². The van der Waals surface area contributed by atoms with Gasteiger partial charge in [0.05, 0.1) is 22.1 Å². The van der Waals surface area contributed by atoms with E-state index in [2.05, 4.69) is 39.9 Å². The van der Waals surface area contributed by atoms with E-state index < -0.39 is 34.0 Å². The van der Waals surface area contributed by atoms with E-state index in [9.17, 15) is 28.4 Å². The van der Waals surface area contributed by atoms with E-state index in [1.165, 1.54) is 51.9 Å². The Morgan fingerprint density at radius 3 is 2.10 bits per heavy atom. The molecule has 6 rings (SSSR count). The summed E-state index contributed by atoms with van der Waals surface area (Å²) in [7, 11) is 1.96. The lowest BCUT2D eigenvalue weighted by molar-refractivity contribution is -0.140. The Hall–Kier alpha value is -3.56. The van der Waals surface area contributed by atoms with E-state index in [0.717, 1.165) is 37.8 Å². The highest BCUT2D eigenvalue weighted by Gasteiger charge is 2.53. The van der Waals surface area contributed by atoms with Gasteiger partial charge in [0.2, 0.25) is 11.8 Å². The smallest absolute Gasteiger partial charge is 0.410 e. The van der Waals surface area contributed by atoms with Gasteiger partial charge in [-0.2, -0.15) is 11.8 Å². The zero-order valence-electron chi connectivity index (χ0n) is 35.7. The Labute approximate surface area is 352 Å². The Morgan fingerprint density at radius 1 is 0.966 bits per heavy atom. The van der Waals surface area contributed by atoms with Gasteiger partial charge in [-0.25, -0.2) is 14.2 Å². The minimum Gasteiger partial charge on any atom is -0.444 e. The Kier molecular flexibility index (Phi) is 17.1. The maximum absolute atomic E-state index is 13.9. The number of hydrogen-bond donors (Lipinski definition) is 2. The number of thioether (sulfide) groups is 1. The molecule has 4 amide bonds. The molecule has 2 aromatic rings. The molecule has 0 spiro atoms. The van der Waals surface area contributed by atoms with Crippen molar-refractivity contribution in [3.63, 3.8) is 0 Å². The van der Waals surface area contributed by atoms with E-state index >= 15 is 0 Å². The number of aromatic nitrogens is 1. The molecule has 0 bridgehead atoms. The van der Waals surface area contributed by atoms with Crippen molar-refractivity contribution in [1.29, 1.82) is 0 Å². The number of nitrogens with zero attached hydrogens (tertiary/aromatic N) is 4. The number of ether oxygens (including phenoxy) is 1. The highest BCUT2D eigenvalue weighted by atomic mass is 32.2. The first-order valence-corrected chi connectivity index (χ1v) is 22.7. The summed E-state index contributed by atoms with van der Waals surface area (Å²) in [5.74, 6) is -0.508. The average molecular weight is 845 g/mol. The van der Waals surface area contributed by atoms with E-state index in [1.54, 1.807) is 16.2 Å². The molecule has 1 aromatic heterocycles. The third-order valence-electron chi connectivity index (χ3n) is 11.1. The van der Waals surface area contributed by atoms with Gasteiger partial charge in [-0.15, -0.1) is 11.3 Å². The minimum absolute atomic E-state index is 0.208. The summed E-state index contributed by atoms with van der Waals surface area (Å²) in [6, 6.07) is 7.35. The average Bonchev–Trinajstić information content (AvgIpc) is 3.55. The molecule has 0 radical (unpaired) electrons. The lowest BCUT2D eigenvalue weighted by atomic mass is 9.88. The zero-order valence-corrected chi connectivity index (χ0v) is 37.4. The summed E-state index contributed by atoms with van der Waals surface area (Å²) >= 11 is 3.13. The van der Waals surface area contributed by atoms with Crippen LogP contribution in [0, 0.1) is 12.8 Å². The van der Waals surface area contributed by atoms with Crippen LogP contribution < -0.4 is 10.6 Å². The Morgan fingerprint density at radius 2 is 1.59 bits per heavy atom. The number of hydrogen-bond acceptors (Lipinski definition) is 10. The molecule has 2 aliphatic carbocycles. The van der Waals surface area contributed by atoms with Gasteiger partial charge in [-0.3, -0.25) is 14.4 Å². The molecule has 15 heteroatoms. The normalized spacial score (nSPS) is 19.8. The van der Waals surface area contributed by atoms with Gasteiger partial charge >= 0.3 is 6.09 Å². The fourth-order valence-corrected chi connectivity index (χ4v) is 8.43. The highest BCUT2D eigenvalue weighted by molar-refractivity contribution is 8.00. The summed E-state index contributed by atoms with van der Waals surface area (Å²) in [6.07, 6.45) is 9.84. The molecule has 58 heavy (non-hydrogen) atoms. The molecule has 322 valence electrons. The van der Waals surface area contributed by atoms with Crippen LogP contribution >= 0.6 is 23.1 Å². The van der Waals surface area contributed by atoms with Crippen molar-refractivity contribution in [2.24, 2.45) is 5.92 Å². The van der Waals surface area contributed by atoms with Crippen LogP contribution in [0.15, 0.2) is 29.8 Å². The van der Waals surface area contributed by atoms with Crippen molar-refractivity contribution in [1.82, 2.24) is 30.3 Å². The van der Waals surface area contributed by atoms with Crippen LogP contribution in [0.2, 0.25) is 0 Å². The van der Waals surface area contributed by atoms with Crippen molar-refractivity contribution in [2.45, 2.75) is 134 Å². The van der Waals surface area contributed by atoms with Gasteiger partial charge in [0, 0.05) is 49.9 Å². The van der Waals surface area contributed by atoms with Crippen LogP contribution in [0.1, 0.15) is 104 Å². The van der Waals surface area contributed by atoms with E-state index in [-0.39, 0.29) is 30.8 Å². The quantitative estimate of drug-likeness (QED) is 0.248. The predicted octanol–water partition coefficient (Wildman–Crippen LogP) is 6.79. The largest absolute Gasteiger partial charge is 0.444 e. The van der Waals surface area contributed by atoms with Gasteiger partial charge in [0.25, 0.3) is 5.91 Å². The van der Waals surface area contributed by atoms with Gasteiger partial charge in [-0.05, 0) is 104 Å². The van der Waals surface area contributed by atoms with E-state index in [1.807, 2.05) is 65.3 Å². The van der Waals surface area contributed by atoms with Crippen LogP contribution in [0.25, 0.3) is 10.4 Å². The lowest BCUT2D eigenvalue weighted by Gasteiger charge is -2.37. The zero-order chi connectivity index (χ0) is 42.7. The van der Waals surface area contributed by atoms with Crippen LogP contribution in [-0.2, 0) is 30.5 Å². The number of benzene rings is 1. The molecule has 4 fully saturated rings. The third-order valence-corrected chi connectivity index (χ3v) is 13.4. The number of nitrogens with one attached hydrogen (secondary N) is 2. The van der Waals surface area contributed by atoms with Crippen LogP contribution in [0.5, 0.6) is 0 Å².